The Bertz CT molecular complexity index is 715. The van der Waals surface area contributed by atoms with Gasteiger partial charge >= 0.3 is 0 Å². The Kier molecular flexibility index (Phi) is 4.48. The van der Waals surface area contributed by atoms with Gasteiger partial charge in [-0.15, -0.1) is 11.3 Å². The Labute approximate surface area is 148 Å². The molecule has 1 aliphatic carbocycles. The van der Waals surface area contributed by atoms with E-state index in [1.165, 1.54) is 67.6 Å². The molecule has 3 heterocycles. The van der Waals surface area contributed by atoms with Crippen LogP contribution in [0.5, 0.6) is 0 Å². The highest BCUT2D eigenvalue weighted by atomic mass is 32.1. The van der Waals surface area contributed by atoms with Crippen molar-refractivity contribution in [2.24, 2.45) is 0 Å². The number of fused-ring (bicyclic) bond motifs is 3. The SMILES string of the molecule is CC(C)N1CCC(N(C)c2ncnc3sc4c(c23)CCCC4)CC1. The number of anilines is 1. The summed E-state index contributed by atoms with van der Waals surface area (Å²) in [5.74, 6) is 1.17. The van der Waals surface area contributed by atoms with Gasteiger partial charge in [0, 0.05) is 37.1 Å². The molecular formula is C19H28N4S. The molecule has 1 fully saturated rings. The molecule has 0 amide bonds. The number of piperidine rings is 1. The lowest BCUT2D eigenvalue weighted by atomic mass is 9.96. The fourth-order valence-electron chi connectivity index (χ4n) is 4.30. The van der Waals surface area contributed by atoms with Gasteiger partial charge in [0.2, 0.25) is 0 Å². The van der Waals surface area contributed by atoms with Crippen molar-refractivity contribution >= 4 is 27.4 Å². The van der Waals surface area contributed by atoms with Crippen molar-refractivity contribution in [1.29, 1.82) is 0 Å². The second kappa shape index (κ2) is 6.60. The topological polar surface area (TPSA) is 32.3 Å². The van der Waals surface area contributed by atoms with E-state index in [0.29, 0.717) is 12.1 Å². The lowest BCUT2D eigenvalue weighted by Gasteiger charge is -2.39. The largest absolute Gasteiger partial charge is 0.356 e. The summed E-state index contributed by atoms with van der Waals surface area (Å²) in [5, 5.41) is 1.35. The summed E-state index contributed by atoms with van der Waals surface area (Å²) in [5.41, 5.74) is 1.54. The third kappa shape index (κ3) is 2.82. The normalized spacial score (nSPS) is 19.8. The van der Waals surface area contributed by atoms with Crippen LogP contribution in [0.4, 0.5) is 5.82 Å². The van der Waals surface area contributed by atoms with Crippen LogP contribution < -0.4 is 4.90 Å². The highest BCUT2D eigenvalue weighted by molar-refractivity contribution is 7.19. The Morgan fingerprint density at radius 2 is 1.92 bits per heavy atom. The zero-order valence-corrected chi connectivity index (χ0v) is 15.9. The van der Waals surface area contributed by atoms with Crippen LogP contribution in [-0.4, -0.2) is 47.1 Å². The van der Waals surface area contributed by atoms with Crippen molar-refractivity contribution < 1.29 is 0 Å². The molecule has 24 heavy (non-hydrogen) atoms. The molecule has 0 saturated carbocycles. The van der Waals surface area contributed by atoms with E-state index in [4.69, 9.17) is 4.98 Å². The minimum atomic E-state index is 0.595. The Balaban J connectivity index is 1.63. The summed E-state index contributed by atoms with van der Waals surface area (Å²) < 4.78 is 0. The minimum Gasteiger partial charge on any atom is -0.356 e. The number of likely N-dealkylation sites (tertiary alicyclic amines) is 1. The van der Waals surface area contributed by atoms with Crippen LogP contribution in [0.2, 0.25) is 0 Å². The second-order valence-electron chi connectivity index (χ2n) is 7.56. The number of nitrogens with zero attached hydrogens (tertiary/aromatic N) is 4. The van der Waals surface area contributed by atoms with E-state index in [-0.39, 0.29) is 0 Å². The molecule has 1 aliphatic heterocycles. The first-order valence-electron chi connectivity index (χ1n) is 9.37. The molecule has 130 valence electrons. The summed E-state index contributed by atoms with van der Waals surface area (Å²) in [6, 6.07) is 1.25. The molecular weight excluding hydrogens is 316 g/mol. The van der Waals surface area contributed by atoms with Gasteiger partial charge in [0.05, 0.1) is 5.39 Å². The fourth-order valence-corrected chi connectivity index (χ4v) is 5.53. The van der Waals surface area contributed by atoms with Crippen molar-refractivity contribution in [3.63, 3.8) is 0 Å². The number of aromatic nitrogens is 2. The number of rotatable bonds is 3. The maximum atomic E-state index is 4.72. The lowest BCUT2D eigenvalue weighted by molar-refractivity contribution is 0.171. The van der Waals surface area contributed by atoms with Crippen LogP contribution in [0.25, 0.3) is 10.2 Å². The minimum absolute atomic E-state index is 0.595. The average molecular weight is 345 g/mol. The molecule has 2 aromatic heterocycles. The molecule has 0 bridgehead atoms. The van der Waals surface area contributed by atoms with E-state index >= 15 is 0 Å². The van der Waals surface area contributed by atoms with Gasteiger partial charge in [-0.2, -0.15) is 0 Å². The first-order valence-corrected chi connectivity index (χ1v) is 10.2. The summed E-state index contributed by atoms with van der Waals surface area (Å²) >= 11 is 1.90. The average Bonchev–Trinajstić information content (AvgIpc) is 3.00. The van der Waals surface area contributed by atoms with E-state index in [1.54, 1.807) is 16.8 Å². The number of hydrogen-bond acceptors (Lipinski definition) is 5. The lowest BCUT2D eigenvalue weighted by Crippen LogP contribution is -2.46. The third-order valence-electron chi connectivity index (χ3n) is 5.84. The zero-order chi connectivity index (χ0) is 16.7. The highest BCUT2D eigenvalue weighted by Crippen LogP contribution is 2.39. The second-order valence-corrected chi connectivity index (χ2v) is 8.64. The first kappa shape index (κ1) is 16.3. The maximum Gasteiger partial charge on any atom is 0.141 e. The highest BCUT2D eigenvalue weighted by Gasteiger charge is 2.27. The van der Waals surface area contributed by atoms with Crippen LogP contribution in [0.3, 0.4) is 0 Å². The molecule has 2 aromatic rings. The third-order valence-corrected chi connectivity index (χ3v) is 7.04. The Hall–Kier alpha value is -1.20. The molecule has 0 spiro atoms. The molecule has 1 saturated heterocycles. The van der Waals surface area contributed by atoms with Crippen LogP contribution >= 0.6 is 11.3 Å². The maximum absolute atomic E-state index is 4.72. The van der Waals surface area contributed by atoms with Crippen LogP contribution in [-0.2, 0) is 12.8 Å². The van der Waals surface area contributed by atoms with E-state index in [9.17, 15) is 0 Å². The van der Waals surface area contributed by atoms with Gasteiger partial charge in [0.15, 0.2) is 0 Å². The van der Waals surface area contributed by atoms with Crippen LogP contribution in [0.1, 0.15) is 50.0 Å². The molecule has 0 radical (unpaired) electrons. The van der Waals surface area contributed by atoms with E-state index < -0.39 is 0 Å². The van der Waals surface area contributed by atoms with Crippen molar-refractivity contribution in [3.8, 4) is 0 Å². The van der Waals surface area contributed by atoms with Gasteiger partial charge in [-0.3, -0.25) is 0 Å². The predicted molar refractivity (Wildman–Crippen MR) is 102 cm³/mol. The smallest absolute Gasteiger partial charge is 0.141 e. The quantitative estimate of drug-likeness (QED) is 0.846. The van der Waals surface area contributed by atoms with Gasteiger partial charge in [-0.25, -0.2) is 9.97 Å². The van der Waals surface area contributed by atoms with Gasteiger partial charge in [0.25, 0.3) is 0 Å². The van der Waals surface area contributed by atoms with Crippen LogP contribution in [0.15, 0.2) is 6.33 Å². The van der Waals surface area contributed by atoms with Crippen molar-refractivity contribution in [3.05, 3.63) is 16.8 Å². The van der Waals surface area contributed by atoms with Gasteiger partial charge in [-0.05, 0) is 57.9 Å². The molecule has 5 heteroatoms. The predicted octanol–water partition coefficient (Wildman–Crippen LogP) is 3.88. The number of hydrogen-bond donors (Lipinski definition) is 0. The molecule has 2 aliphatic rings. The number of aryl methyl sites for hydroxylation is 2. The Morgan fingerprint density at radius 3 is 2.67 bits per heavy atom. The summed E-state index contributed by atoms with van der Waals surface area (Å²) in [6.45, 7) is 7.00. The van der Waals surface area contributed by atoms with Gasteiger partial charge < -0.3 is 9.80 Å². The van der Waals surface area contributed by atoms with Crippen molar-refractivity contribution in [2.45, 2.75) is 64.5 Å². The van der Waals surface area contributed by atoms with Crippen molar-refractivity contribution in [2.75, 3.05) is 25.0 Å². The fraction of sp³-hybridized carbons (Fsp3) is 0.684. The van der Waals surface area contributed by atoms with E-state index in [1.807, 2.05) is 11.3 Å². The monoisotopic (exact) mass is 344 g/mol. The molecule has 4 nitrogen and oxygen atoms in total. The molecule has 0 atom stereocenters. The molecule has 0 N–H and O–H groups in total. The molecule has 0 aromatic carbocycles. The molecule has 4 rings (SSSR count). The van der Waals surface area contributed by atoms with E-state index in [2.05, 4.69) is 35.7 Å². The Morgan fingerprint density at radius 1 is 1.17 bits per heavy atom. The number of thiophene rings is 1. The molecule has 0 unspecified atom stereocenters. The van der Waals surface area contributed by atoms with E-state index in [0.717, 1.165) is 0 Å². The summed E-state index contributed by atoms with van der Waals surface area (Å²) in [6.07, 6.45) is 9.29. The first-order chi connectivity index (χ1) is 11.6. The van der Waals surface area contributed by atoms with Crippen molar-refractivity contribution in [1.82, 2.24) is 14.9 Å². The zero-order valence-electron chi connectivity index (χ0n) is 15.1. The summed E-state index contributed by atoms with van der Waals surface area (Å²) in [4.78, 5) is 17.1. The van der Waals surface area contributed by atoms with Crippen LogP contribution in [0, 0.1) is 0 Å². The van der Waals surface area contributed by atoms with Gasteiger partial charge in [0.1, 0.15) is 17.0 Å². The van der Waals surface area contributed by atoms with Gasteiger partial charge in [-0.1, -0.05) is 0 Å². The summed E-state index contributed by atoms with van der Waals surface area (Å²) in [7, 11) is 2.24. The standard InChI is InChI=1S/C19H28N4S/c1-13(2)23-10-8-14(9-11-23)22(3)18-17-15-6-4-5-7-16(15)24-19(17)21-12-20-18/h12-14H,4-11H2,1-3H3.